The molecule has 0 atom stereocenters. The van der Waals surface area contributed by atoms with Crippen LogP contribution in [0.4, 0.5) is 0 Å². The molecule has 0 fully saturated rings. The van der Waals surface area contributed by atoms with Crippen molar-refractivity contribution >= 4 is 21.9 Å². The van der Waals surface area contributed by atoms with Crippen LogP contribution in [0.15, 0.2) is 18.3 Å². The van der Waals surface area contributed by atoms with E-state index < -0.39 is 5.97 Å². The van der Waals surface area contributed by atoms with Gasteiger partial charge in [0.15, 0.2) is 0 Å². The number of halogens is 1. The molecule has 1 aromatic heterocycles. The Labute approximate surface area is 91.3 Å². The summed E-state index contributed by atoms with van der Waals surface area (Å²) >= 11 is 3.36. The lowest BCUT2D eigenvalue weighted by Gasteiger charge is -1.99. The van der Waals surface area contributed by atoms with Gasteiger partial charge >= 0.3 is 5.97 Å². The Morgan fingerprint density at radius 2 is 2.21 bits per heavy atom. The Bertz CT molecular complexity index is 297. The van der Waals surface area contributed by atoms with E-state index in [0.717, 1.165) is 30.2 Å². The molecule has 0 spiro atoms. The molecule has 1 rings (SSSR count). The van der Waals surface area contributed by atoms with Crippen LogP contribution in [0.3, 0.4) is 0 Å². The van der Waals surface area contributed by atoms with Gasteiger partial charge in [-0.25, -0.2) is 9.78 Å². The van der Waals surface area contributed by atoms with Crippen LogP contribution < -0.4 is 0 Å². The van der Waals surface area contributed by atoms with Crippen molar-refractivity contribution in [3.05, 3.63) is 29.6 Å². The molecule has 0 saturated carbocycles. The van der Waals surface area contributed by atoms with Crippen LogP contribution >= 0.6 is 15.9 Å². The van der Waals surface area contributed by atoms with Crippen LogP contribution in [0.1, 0.15) is 28.9 Å². The number of aryl methyl sites for hydroxylation is 1. The van der Waals surface area contributed by atoms with Gasteiger partial charge in [-0.05, 0) is 30.9 Å². The van der Waals surface area contributed by atoms with Crippen molar-refractivity contribution in [2.45, 2.75) is 19.3 Å². The van der Waals surface area contributed by atoms with E-state index in [-0.39, 0.29) is 5.69 Å². The minimum absolute atomic E-state index is 0.106. The Kier molecular flexibility index (Phi) is 4.59. The van der Waals surface area contributed by atoms with Gasteiger partial charge in [0.25, 0.3) is 0 Å². The normalized spacial score (nSPS) is 10.1. The van der Waals surface area contributed by atoms with Crippen LogP contribution in [-0.4, -0.2) is 21.4 Å². The van der Waals surface area contributed by atoms with Crippen LogP contribution in [0.25, 0.3) is 0 Å². The zero-order valence-electron chi connectivity index (χ0n) is 7.74. The number of carboxylic acids is 1. The number of aromatic nitrogens is 1. The third kappa shape index (κ3) is 3.46. The molecule has 0 saturated heterocycles. The van der Waals surface area contributed by atoms with Crippen LogP contribution in [0.2, 0.25) is 0 Å². The van der Waals surface area contributed by atoms with Gasteiger partial charge in [-0.15, -0.1) is 0 Å². The summed E-state index contributed by atoms with van der Waals surface area (Å²) in [5.41, 5.74) is 1.20. The van der Waals surface area contributed by atoms with Gasteiger partial charge in [0.2, 0.25) is 0 Å². The topological polar surface area (TPSA) is 50.2 Å². The first-order valence-corrected chi connectivity index (χ1v) is 5.60. The lowest BCUT2D eigenvalue weighted by molar-refractivity contribution is 0.0690. The van der Waals surface area contributed by atoms with E-state index in [9.17, 15) is 4.79 Å². The molecule has 0 aliphatic rings. The summed E-state index contributed by atoms with van der Waals surface area (Å²) in [5, 5.41) is 9.63. The number of unbranched alkanes of at least 4 members (excludes halogenated alkanes) is 1. The van der Waals surface area contributed by atoms with Gasteiger partial charge in [-0.1, -0.05) is 22.0 Å². The van der Waals surface area contributed by atoms with Crippen molar-refractivity contribution < 1.29 is 9.90 Å². The Hall–Kier alpha value is -0.900. The molecule has 4 heteroatoms. The fourth-order valence-corrected chi connectivity index (χ4v) is 1.52. The summed E-state index contributed by atoms with van der Waals surface area (Å²) in [7, 11) is 0. The van der Waals surface area contributed by atoms with E-state index in [1.165, 1.54) is 0 Å². The van der Waals surface area contributed by atoms with E-state index in [4.69, 9.17) is 5.11 Å². The SMILES string of the molecule is O=C(O)c1ccc(CCCCBr)cn1. The average Bonchev–Trinajstić information content (AvgIpc) is 2.19. The summed E-state index contributed by atoms with van der Waals surface area (Å²) in [6, 6.07) is 3.37. The second kappa shape index (κ2) is 5.75. The molecular weight excluding hydrogens is 246 g/mol. The standard InChI is InChI=1S/C10H12BrNO2/c11-6-2-1-3-8-4-5-9(10(13)14)12-7-8/h4-5,7H,1-3,6H2,(H,13,14). The summed E-state index contributed by atoms with van der Waals surface area (Å²) in [4.78, 5) is 14.3. The maximum absolute atomic E-state index is 10.5. The molecule has 0 aliphatic carbocycles. The van der Waals surface area contributed by atoms with Crippen molar-refractivity contribution in [3.63, 3.8) is 0 Å². The predicted molar refractivity (Wildman–Crippen MR) is 57.9 cm³/mol. The van der Waals surface area contributed by atoms with Crippen LogP contribution in [-0.2, 0) is 6.42 Å². The van der Waals surface area contributed by atoms with E-state index >= 15 is 0 Å². The second-order valence-corrected chi connectivity index (χ2v) is 3.80. The Balaban J connectivity index is 2.51. The molecule has 14 heavy (non-hydrogen) atoms. The van der Waals surface area contributed by atoms with E-state index in [1.54, 1.807) is 12.3 Å². The van der Waals surface area contributed by atoms with Gasteiger partial charge in [-0.2, -0.15) is 0 Å². The van der Waals surface area contributed by atoms with Crippen molar-refractivity contribution in [3.8, 4) is 0 Å². The molecule has 0 radical (unpaired) electrons. The fourth-order valence-electron chi connectivity index (χ4n) is 1.12. The van der Waals surface area contributed by atoms with Gasteiger partial charge in [0, 0.05) is 11.5 Å². The monoisotopic (exact) mass is 257 g/mol. The minimum atomic E-state index is -0.975. The van der Waals surface area contributed by atoms with E-state index in [0.29, 0.717) is 0 Å². The molecule has 0 aromatic carbocycles. The largest absolute Gasteiger partial charge is 0.477 e. The van der Waals surface area contributed by atoms with Gasteiger partial charge in [0.1, 0.15) is 5.69 Å². The van der Waals surface area contributed by atoms with Crippen LogP contribution in [0.5, 0.6) is 0 Å². The average molecular weight is 258 g/mol. The Morgan fingerprint density at radius 1 is 1.43 bits per heavy atom. The number of alkyl halides is 1. The molecule has 1 aromatic rings. The summed E-state index contributed by atoms with van der Waals surface area (Å²) in [6.07, 6.45) is 4.82. The number of hydrogen-bond donors (Lipinski definition) is 1. The van der Waals surface area contributed by atoms with Gasteiger partial charge in [0.05, 0.1) is 0 Å². The third-order valence-corrected chi connectivity index (χ3v) is 2.45. The highest BCUT2D eigenvalue weighted by Crippen LogP contribution is 2.06. The summed E-state index contributed by atoms with van der Waals surface area (Å²) < 4.78 is 0. The lowest BCUT2D eigenvalue weighted by Crippen LogP contribution is -2.00. The Morgan fingerprint density at radius 3 is 2.71 bits per heavy atom. The van der Waals surface area contributed by atoms with Crippen molar-refractivity contribution in [1.29, 1.82) is 0 Å². The molecule has 0 unspecified atom stereocenters. The second-order valence-electron chi connectivity index (χ2n) is 3.00. The van der Waals surface area contributed by atoms with E-state index in [2.05, 4.69) is 20.9 Å². The van der Waals surface area contributed by atoms with Crippen molar-refractivity contribution in [1.82, 2.24) is 4.98 Å². The minimum Gasteiger partial charge on any atom is -0.477 e. The highest BCUT2D eigenvalue weighted by Gasteiger charge is 2.02. The van der Waals surface area contributed by atoms with Crippen molar-refractivity contribution in [2.75, 3.05) is 5.33 Å². The number of carboxylic acid groups (broad SMARTS) is 1. The molecule has 1 heterocycles. The number of pyridine rings is 1. The smallest absolute Gasteiger partial charge is 0.354 e. The summed E-state index contributed by atoms with van der Waals surface area (Å²) in [6.45, 7) is 0. The molecule has 76 valence electrons. The lowest BCUT2D eigenvalue weighted by atomic mass is 10.1. The number of aromatic carboxylic acids is 1. The summed E-state index contributed by atoms with van der Waals surface area (Å²) in [5.74, 6) is -0.975. The number of hydrogen-bond acceptors (Lipinski definition) is 2. The van der Waals surface area contributed by atoms with E-state index in [1.807, 2.05) is 6.07 Å². The quantitative estimate of drug-likeness (QED) is 0.652. The maximum Gasteiger partial charge on any atom is 0.354 e. The highest BCUT2D eigenvalue weighted by atomic mass is 79.9. The fraction of sp³-hybridized carbons (Fsp3) is 0.400. The first kappa shape index (κ1) is 11.2. The number of nitrogens with zero attached hydrogens (tertiary/aromatic N) is 1. The number of carbonyl (C=O) groups is 1. The molecule has 3 nitrogen and oxygen atoms in total. The third-order valence-electron chi connectivity index (χ3n) is 1.89. The molecular formula is C10H12BrNO2. The molecule has 0 aliphatic heterocycles. The molecule has 0 bridgehead atoms. The zero-order chi connectivity index (χ0) is 10.4. The first-order valence-electron chi connectivity index (χ1n) is 4.48. The van der Waals surface area contributed by atoms with Gasteiger partial charge in [-0.3, -0.25) is 0 Å². The number of rotatable bonds is 5. The van der Waals surface area contributed by atoms with Gasteiger partial charge < -0.3 is 5.11 Å². The van der Waals surface area contributed by atoms with Crippen LogP contribution in [0, 0.1) is 0 Å². The van der Waals surface area contributed by atoms with Crippen molar-refractivity contribution in [2.24, 2.45) is 0 Å². The zero-order valence-corrected chi connectivity index (χ0v) is 9.33. The molecule has 1 N–H and O–H groups in total. The molecule has 0 amide bonds. The maximum atomic E-state index is 10.5. The predicted octanol–water partition coefficient (Wildman–Crippen LogP) is 2.50. The first-order chi connectivity index (χ1) is 6.74. The highest BCUT2D eigenvalue weighted by molar-refractivity contribution is 9.09.